The highest BCUT2D eigenvalue weighted by Gasteiger charge is 2.11. The third-order valence-corrected chi connectivity index (χ3v) is 3.66. The number of carbonyl (C=O) groups is 1. The van der Waals surface area contributed by atoms with Crippen LogP contribution in [0.4, 0.5) is 13.6 Å². The lowest BCUT2D eigenvalue weighted by Gasteiger charge is -2.15. The molecule has 0 aromatic heterocycles. The summed E-state index contributed by atoms with van der Waals surface area (Å²) in [7, 11) is 0. The zero-order chi connectivity index (χ0) is 16.8. The van der Waals surface area contributed by atoms with Crippen molar-refractivity contribution >= 4 is 17.6 Å². The maximum atomic E-state index is 13.2. The summed E-state index contributed by atoms with van der Waals surface area (Å²) in [6.07, 6.45) is 0.671. The molecule has 0 fully saturated rings. The number of hydrogen-bond donors (Lipinski definition) is 2. The predicted molar refractivity (Wildman–Crippen MR) is 86.5 cm³/mol. The van der Waals surface area contributed by atoms with Gasteiger partial charge in [-0.15, -0.1) is 0 Å². The van der Waals surface area contributed by atoms with Crippen LogP contribution in [-0.4, -0.2) is 12.6 Å². The Labute approximate surface area is 138 Å². The normalized spacial score (nSPS) is 11.8. The van der Waals surface area contributed by atoms with E-state index >= 15 is 0 Å². The molecule has 2 aromatic rings. The molecule has 0 spiro atoms. The Morgan fingerprint density at radius 2 is 1.83 bits per heavy atom. The van der Waals surface area contributed by atoms with E-state index in [0.29, 0.717) is 23.6 Å². The fourth-order valence-electron chi connectivity index (χ4n) is 2.08. The quantitative estimate of drug-likeness (QED) is 0.842. The highest BCUT2D eigenvalue weighted by atomic mass is 35.5. The first-order valence-corrected chi connectivity index (χ1v) is 7.57. The van der Waals surface area contributed by atoms with Gasteiger partial charge in [0.15, 0.2) is 11.6 Å². The molecule has 0 saturated heterocycles. The molecule has 0 aliphatic carbocycles. The Kier molecular flexibility index (Phi) is 5.93. The fraction of sp³-hybridized carbons (Fsp3) is 0.235. The van der Waals surface area contributed by atoms with Gasteiger partial charge in [0, 0.05) is 11.6 Å². The van der Waals surface area contributed by atoms with Crippen molar-refractivity contribution in [2.24, 2.45) is 0 Å². The van der Waals surface area contributed by atoms with Crippen molar-refractivity contribution in [3.63, 3.8) is 0 Å². The van der Waals surface area contributed by atoms with Crippen LogP contribution in [0.25, 0.3) is 0 Å². The van der Waals surface area contributed by atoms with Gasteiger partial charge in [-0.2, -0.15) is 0 Å². The van der Waals surface area contributed by atoms with Crippen molar-refractivity contribution in [3.8, 4) is 0 Å². The smallest absolute Gasteiger partial charge is 0.315 e. The van der Waals surface area contributed by atoms with Crippen LogP contribution < -0.4 is 10.6 Å². The Bertz CT molecular complexity index is 677. The molecule has 0 saturated carbocycles. The summed E-state index contributed by atoms with van der Waals surface area (Å²) in [4.78, 5) is 11.8. The summed E-state index contributed by atoms with van der Waals surface area (Å²) in [5.74, 6) is -1.84. The van der Waals surface area contributed by atoms with E-state index in [1.54, 1.807) is 19.1 Å². The Morgan fingerprint density at radius 3 is 2.48 bits per heavy atom. The molecule has 0 aliphatic rings. The molecule has 1 atom stereocenters. The van der Waals surface area contributed by atoms with E-state index in [1.165, 1.54) is 6.07 Å². The molecular formula is C17H17ClF2N2O. The SMILES string of the molecule is C[C@H](NC(=O)NCCc1ccc(Cl)cc1)c1ccc(F)c(F)c1. The first kappa shape index (κ1) is 17.2. The van der Waals surface area contributed by atoms with Crippen LogP contribution in [-0.2, 0) is 6.42 Å². The molecule has 0 radical (unpaired) electrons. The van der Waals surface area contributed by atoms with Crippen molar-refractivity contribution < 1.29 is 13.6 Å². The molecule has 2 amide bonds. The largest absolute Gasteiger partial charge is 0.338 e. The lowest BCUT2D eigenvalue weighted by molar-refractivity contribution is 0.238. The minimum Gasteiger partial charge on any atom is -0.338 e. The lowest BCUT2D eigenvalue weighted by Crippen LogP contribution is -2.38. The van der Waals surface area contributed by atoms with Gasteiger partial charge in [-0.1, -0.05) is 29.8 Å². The summed E-state index contributed by atoms with van der Waals surface area (Å²) in [6.45, 7) is 2.16. The molecule has 122 valence electrons. The summed E-state index contributed by atoms with van der Waals surface area (Å²) >= 11 is 5.80. The molecular weight excluding hydrogens is 322 g/mol. The average molecular weight is 339 g/mol. The number of carbonyl (C=O) groups excluding carboxylic acids is 1. The molecule has 0 bridgehead atoms. The lowest BCUT2D eigenvalue weighted by atomic mass is 10.1. The molecule has 0 heterocycles. The monoisotopic (exact) mass is 338 g/mol. The van der Waals surface area contributed by atoms with Crippen LogP contribution in [0.1, 0.15) is 24.1 Å². The number of halogens is 3. The average Bonchev–Trinajstić information content (AvgIpc) is 2.52. The second-order valence-electron chi connectivity index (χ2n) is 5.17. The van der Waals surface area contributed by atoms with Crippen LogP contribution in [0, 0.1) is 11.6 Å². The Balaban J connectivity index is 1.79. The first-order chi connectivity index (χ1) is 11.0. The first-order valence-electron chi connectivity index (χ1n) is 7.19. The molecule has 0 aliphatic heterocycles. The van der Waals surface area contributed by atoms with Crippen LogP contribution in [0.15, 0.2) is 42.5 Å². The van der Waals surface area contributed by atoms with Crippen LogP contribution >= 0.6 is 11.6 Å². The van der Waals surface area contributed by atoms with Gasteiger partial charge in [-0.25, -0.2) is 13.6 Å². The van der Waals surface area contributed by atoms with Crippen molar-refractivity contribution in [3.05, 3.63) is 70.2 Å². The van der Waals surface area contributed by atoms with Gasteiger partial charge in [-0.3, -0.25) is 0 Å². The number of amides is 2. The predicted octanol–water partition coefficient (Wildman–Crippen LogP) is 4.22. The Hall–Kier alpha value is -2.14. The highest BCUT2D eigenvalue weighted by Crippen LogP contribution is 2.15. The van der Waals surface area contributed by atoms with Gasteiger partial charge in [0.1, 0.15) is 0 Å². The van der Waals surface area contributed by atoms with E-state index in [4.69, 9.17) is 11.6 Å². The number of hydrogen-bond acceptors (Lipinski definition) is 1. The van der Waals surface area contributed by atoms with E-state index in [2.05, 4.69) is 10.6 Å². The number of nitrogens with one attached hydrogen (secondary N) is 2. The minimum absolute atomic E-state index is 0.365. The summed E-state index contributed by atoms with van der Waals surface area (Å²) in [5, 5.41) is 6.07. The number of urea groups is 1. The van der Waals surface area contributed by atoms with Crippen molar-refractivity contribution in [1.29, 1.82) is 0 Å². The molecule has 23 heavy (non-hydrogen) atoms. The van der Waals surface area contributed by atoms with E-state index in [1.807, 2.05) is 12.1 Å². The van der Waals surface area contributed by atoms with Gasteiger partial charge in [0.25, 0.3) is 0 Å². The second-order valence-corrected chi connectivity index (χ2v) is 5.61. The summed E-state index contributed by atoms with van der Waals surface area (Å²) in [5.41, 5.74) is 1.56. The van der Waals surface area contributed by atoms with Gasteiger partial charge in [0.05, 0.1) is 6.04 Å². The maximum Gasteiger partial charge on any atom is 0.315 e. The number of rotatable bonds is 5. The summed E-state index contributed by atoms with van der Waals surface area (Å²) in [6, 6.07) is 10.1. The van der Waals surface area contributed by atoms with E-state index in [-0.39, 0.29) is 6.03 Å². The van der Waals surface area contributed by atoms with Crippen molar-refractivity contribution in [2.75, 3.05) is 6.54 Å². The third-order valence-electron chi connectivity index (χ3n) is 3.40. The molecule has 2 aromatic carbocycles. The standard InChI is InChI=1S/C17H17ClF2N2O/c1-11(13-4-7-15(19)16(20)10-13)22-17(23)21-9-8-12-2-5-14(18)6-3-12/h2-7,10-11H,8-9H2,1H3,(H2,21,22,23)/t11-/m0/s1. The van der Waals surface area contributed by atoms with E-state index in [0.717, 1.165) is 17.7 Å². The second kappa shape index (κ2) is 7.92. The van der Waals surface area contributed by atoms with Crippen LogP contribution in [0.2, 0.25) is 5.02 Å². The van der Waals surface area contributed by atoms with Gasteiger partial charge >= 0.3 is 6.03 Å². The molecule has 0 unspecified atom stereocenters. The molecule has 2 rings (SSSR count). The van der Waals surface area contributed by atoms with E-state index < -0.39 is 17.7 Å². The minimum atomic E-state index is -0.931. The van der Waals surface area contributed by atoms with Gasteiger partial charge < -0.3 is 10.6 Å². The zero-order valence-electron chi connectivity index (χ0n) is 12.6. The summed E-state index contributed by atoms with van der Waals surface area (Å²) < 4.78 is 26.1. The highest BCUT2D eigenvalue weighted by molar-refractivity contribution is 6.30. The van der Waals surface area contributed by atoms with Crippen LogP contribution in [0.5, 0.6) is 0 Å². The Morgan fingerprint density at radius 1 is 1.13 bits per heavy atom. The molecule has 3 nitrogen and oxygen atoms in total. The maximum absolute atomic E-state index is 13.2. The van der Waals surface area contributed by atoms with Crippen LogP contribution in [0.3, 0.4) is 0 Å². The zero-order valence-corrected chi connectivity index (χ0v) is 13.3. The molecule has 6 heteroatoms. The fourth-order valence-corrected chi connectivity index (χ4v) is 2.21. The van der Waals surface area contributed by atoms with E-state index in [9.17, 15) is 13.6 Å². The molecule has 2 N–H and O–H groups in total. The van der Waals surface area contributed by atoms with Gasteiger partial charge in [-0.05, 0) is 48.7 Å². The topological polar surface area (TPSA) is 41.1 Å². The van der Waals surface area contributed by atoms with Crippen molar-refractivity contribution in [2.45, 2.75) is 19.4 Å². The van der Waals surface area contributed by atoms with Gasteiger partial charge in [0.2, 0.25) is 0 Å². The van der Waals surface area contributed by atoms with Crippen molar-refractivity contribution in [1.82, 2.24) is 10.6 Å². The number of benzene rings is 2. The third kappa shape index (κ3) is 5.21.